The minimum atomic E-state index is -0.194. The Balaban J connectivity index is 1.52. The highest BCUT2D eigenvalue weighted by molar-refractivity contribution is 5.95. The van der Waals surface area contributed by atoms with Crippen molar-refractivity contribution in [2.24, 2.45) is 0 Å². The Morgan fingerprint density at radius 1 is 1.23 bits per heavy atom. The molecule has 0 unspecified atom stereocenters. The highest BCUT2D eigenvalue weighted by atomic mass is 16.5. The van der Waals surface area contributed by atoms with Crippen LogP contribution in [0.15, 0.2) is 47.1 Å². The first-order chi connectivity index (χ1) is 12.6. The SMILES string of the molecule is Cc1noc(C)c1-c1cc(C(=O)NCc2nc3ccccc3[nH]2)ccn1. The van der Waals surface area contributed by atoms with Gasteiger partial charge in [0, 0.05) is 11.8 Å². The lowest BCUT2D eigenvalue weighted by Crippen LogP contribution is -2.23. The molecule has 0 saturated carbocycles. The first-order valence-electron chi connectivity index (χ1n) is 8.23. The normalized spacial score (nSPS) is 11.0. The molecule has 4 rings (SSSR count). The molecule has 1 aromatic carbocycles. The topological polar surface area (TPSA) is 96.7 Å². The molecule has 0 aliphatic carbocycles. The second kappa shape index (κ2) is 6.44. The van der Waals surface area contributed by atoms with E-state index in [2.05, 4.69) is 25.4 Å². The summed E-state index contributed by atoms with van der Waals surface area (Å²) in [5, 5.41) is 6.81. The maximum atomic E-state index is 12.5. The Morgan fingerprint density at radius 3 is 2.85 bits per heavy atom. The van der Waals surface area contributed by atoms with E-state index in [9.17, 15) is 4.79 Å². The zero-order chi connectivity index (χ0) is 18.1. The van der Waals surface area contributed by atoms with Crippen molar-refractivity contribution in [3.05, 3.63) is 65.4 Å². The minimum absolute atomic E-state index is 0.194. The molecule has 0 aliphatic heterocycles. The quantitative estimate of drug-likeness (QED) is 0.591. The van der Waals surface area contributed by atoms with Gasteiger partial charge < -0.3 is 14.8 Å². The van der Waals surface area contributed by atoms with E-state index in [0.29, 0.717) is 29.4 Å². The van der Waals surface area contributed by atoms with E-state index in [1.807, 2.05) is 38.1 Å². The number of carbonyl (C=O) groups excluding carboxylic acids is 1. The molecule has 0 spiro atoms. The van der Waals surface area contributed by atoms with Crippen LogP contribution in [0.25, 0.3) is 22.3 Å². The predicted octanol–water partition coefficient (Wildman–Crippen LogP) is 3.16. The number of nitrogens with zero attached hydrogens (tertiary/aromatic N) is 3. The number of aromatic nitrogens is 4. The van der Waals surface area contributed by atoms with E-state index in [-0.39, 0.29) is 5.91 Å². The Morgan fingerprint density at radius 2 is 2.08 bits per heavy atom. The summed E-state index contributed by atoms with van der Waals surface area (Å²) in [7, 11) is 0. The smallest absolute Gasteiger partial charge is 0.251 e. The first-order valence-corrected chi connectivity index (χ1v) is 8.23. The maximum absolute atomic E-state index is 12.5. The van der Waals surface area contributed by atoms with Crippen molar-refractivity contribution in [1.82, 2.24) is 25.4 Å². The van der Waals surface area contributed by atoms with Gasteiger partial charge in [0.05, 0.1) is 34.5 Å². The number of pyridine rings is 1. The summed E-state index contributed by atoms with van der Waals surface area (Å²) in [5.74, 6) is 1.19. The molecular formula is C19H17N5O2. The van der Waals surface area contributed by atoms with E-state index >= 15 is 0 Å². The summed E-state index contributed by atoms with van der Waals surface area (Å²) < 4.78 is 5.18. The van der Waals surface area contributed by atoms with Crippen molar-refractivity contribution in [1.29, 1.82) is 0 Å². The van der Waals surface area contributed by atoms with Gasteiger partial charge in [0.25, 0.3) is 5.91 Å². The van der Waals surface area contributed by atoms with Crippen LogP contribution in [0.3, 0.4) is 0 Å². The van der Waals surface area contributed by atoms with Gasteiger partial charge in [0.1, 0.15) is 11.6 Å². The molecule has 0 saturated heterocycles. The number of aryl methyl sites for hydroxylation is 2. The van der Waals surface area contributed by atoms with E-state index in [0.717, 1.165) is 22.3 Å². The summed E-state index contributed by atoms with van der Waals surface area (Å²) in [6, 6.07) is 11.2. The molecule has 0 atom stereocenters. The van der Waals surface area contributed by atoms with Crippen LogP contribution in [0.1, 0.15) is 27.6 Å². The van der Waals surface area contributed by atoms with Gasteiger partial charge in [-0.2, -0.15) is 0 Å². The van der Waals surface area contributed by atoms with Crippen LogP contribution in [-0.4, -0.2) is 26.0 Å². The van der Waals surface area contributed by atoms with Crippen molar-refractivity contribution in [3.63, 3.8) is 0 Å². The van der Waals surface area contributed by atoms with Crippen molar-refractivity contribution >= 4 is 16.9 Å². The third-order valence-electron chi connectivity index (χ3n) is 4.17. The molecule has 0 bridgehead atoms. The van der Waals surface area contributed by atoms with Crippen molar-refractivity contribution < 1.29 is 9.32 Å². The summed E-state index contributed by atoms with van der Waals surface area (Å²) in [6.45, 7) is 3.99. The second-order valence-electron chi connectivity index (χ2n) is 6.01. The molecule has 130 valence electrons. The fourth-order valence-corrected chi connectivity index (χ4v) is 2.91. The largest absolute Gasteiger partial charge is 0.361 e. The van der Waals surface area contributed by atoms with Crippen molar-refractivity contribution in [2.45, 2.75) is 20.4 Å². The lowest BCUT2D eigenvalue weighted by atomic mass is 10.1. The first kappa shape index (κ1) is 16.0. The third kappa shape index (κ3) is 2.95. The van der Waals surface area contributed by atoms with Crippen LogP contribution in [-0.2, 0) is 6.54 Å². The lowest BCUT2D eigenvalue weighted by molar-refractivity contribution is 0.0950. The molecule has 7 nitrogen and oxygen atoms in total. The molecule has 3 aromatic heterocycles. The molecule has 0 aliphatic rings. The van der Waals surface area contributed by atoms with Crippen LogP contribution >= 0.6 is 0 Å². The summed E-state index contributed by atoms with van der Waals surface area (Å²) in [5.41, 5.74) is 4.57. The molecule has 26 heavy (non-hydrogen) atoms. The Kier molecular flexibility index (Phi) is 3.96. The van der Waals surface area contributed by atoms with Gasteiger partial charge in [-0.1, -0.05) is 17.3 Å². The standard InChI is InChI=1S/C19H17N5O2/c1-11-18(12(2)26-24-11)16-9-13(7-8-20-16)19(25)21-10-17-22-14-5-3-4-6-15(14)23-17/h3-9H,10H2,1-2H3,(H,21,25)(H,22,23). The molecule has 2 N–H and O–H groups in total. The Bertz CT molecular complexity index is 1040. The van der Waals surface area contributed by atoms with Crippen LogP contribution in [0, 0.1) is 13.8 Å². The number of hydrogen-bond donors (Lipinski definition) is 2. The number of aromatic amines is 1. The van der Waals surface area contributed by atoms with E-state index in [4.69, 9.17) is 4.52 Å². The zero-order valence-electron chi connectivity index (χ0n) is 14.4. The summed E-state index contributed by atoms with van der Waals surface area (Å²) in [4.78, 5) is 24.5. The molecule has 0 fully saturated rings. The van der Waals surface area contributed by atoms with Crippen molar-refractivity contribution in [2.75, 3.05) is 0 Å². The third-order valence-corrected chi connectivity index (χ3v) is 4.17. The molecular weight excluding hydrogens is 330 g/mol. The average Bonchev–Trinajstić information content (AvgIpc) is 3.22. The maximum Gasteiger partial charge on any atom is 0.251 e. The van der Waals surface area contributed by atoms with E-state index < -0.39 is 0 Å². The molecule has 4 aromatic rings. The number of H-pyrrole nitrogens is 1. The summed E-state index contributed by atoms with van der Waals surface area (Å²) >= 11 is 0. The zero-order valence-corrected chi connectivity index (χ0v) is 14.4. The fourth-order valence-electron chi connectivity index (χ4n) is 2.91. The number of benzene rings is 1. The van der Waals surface area contributed by atoms with E-state index in [1.165, 1.54) is 0 Å². The lowest BCUT2D eigenvalue weighted by Gasteiger charge is -2.05. The number of hydrogen-bond acceptors (Lipinski definition) is 5. The summed E-state index contributed by atoms with van der Waals surface area (Å²) in [6.07, 6.45) is 1.61. The average molecular weight is 347 g/mol. The highest BCUT2D eigenvalue weighted by Crippen LogP contribution is 2.25. The number of rotatable bonds is 4. The van der Waals surface area contributed by atoms with Gasteiger partial charge in [0.15, 0.2) is 0 Å². The van der Waals surface area contributed by atoms with Crippen LogP contribution < -0.4 is 5.32 Å². The molecule has 7 heteroatoms. The monoisotopic (exact) mass is 347 g/mol. The number of carbonyl (C=O) groups is 1. The van der Waals surface area contributed by atoms with Crippen LogP contribution in [0.4, 0.5) is 0 Å². The van der Waals surface area contributed by atoms with Gasteiger partial charge in [-0.05, 0) is 38.1 Å². The van der Waals surface area contributed by atoms with E-state index in [1.54, 1.807) is 18.3 Å². The molecule has 0 radical (unpaired) electrons. The number of nitrogens with one attached hydrogen (secondary N) is 2. The number of fused-ring (bicyclic) bond motifs is 1. The predicted molar refractivity (Wildman–Crippen MR) is 96.5 cm³/mol. The fraction of sp³-hybridized carbons (Fsp3) is 0.158. The van der Waals surface area contributed by atoms with Crippen molar-refractivity contribution in [3.8, 4) is 11.3 Å². The van der Waals surface area contributed by atoms with Crippen LogP contribution in [0.5, 0.6) is 0 Å². The van der Waals surface area contributed by atoms with Gasteiger partial charge in [-0.3, -0.25) is 9.78 Å². The molecule has 3 heterocycles. The van der Waals surface area contributed by atoms with Gasteiger partial charge in [-0.25, -0.2) is 4.98 Å². The number of para-hydroxylation sites is 2. The Hall–Kier alpha value is -3.48. The Labute approximate surface area is 149 Å². The van der Waals surface area contributed by atoms with Gasteiger partial charge in [0.2, 0.25) is 0 Å². The number of amides is 1. The van der Waals surface area contributed by atoms with Crippen LogP contribution in [0.2, 0.25) is 0 Å². The highest BCUT2D eigenvalue weighted by Gasteiger charge is 2.15. The van der Waals surface area contributed by atoms with Gasteiger partial charge in [-0.15, -0.1) is 0 Å². The molecule has 1 amide bonds. The second-order valence-corrected chi connectivity index (χ2v) is 6.01. The number of imidazole rings is 1. The minimum Gasteiger partial charge on any atom is -0.361 e. The van der Waals surface area contributed by atoms with Gasteiger partial charge >= 0.3 is 0 Å².